The summed E-state index contributed by atoms with van der Waals surface area (Å²) in [6.45, 7) is 0. The summed E-state index contributed by atoms with van der Waals surface area (Å²) in [6.07, 6.45) is 6.94. The highest BCUT2D eigenvalue weighted by Gasteiger charge is 2.20. The Labute approximate surface area is 90.3 Å². The van der Waals surface area contributed by atoms with Gasteiger partial charge in [0.05, 0.1) is 6.10 Å². The van der Waals surface area contributed by atoms with Gasteiger partial charge in [0.25, 0.3) is 0 Å². The molecule has 0 radical (unpaired) electrons. The third kappa shape index (κ3) is 2.93. The van der Waals surface area contributed by atoms with Crippen molar-refractivity contribution in [2.24, 2.45) is 5.92 Å². The van der Waals surface area contributed by atoms with Crippen LogP contribution in [0.4, 0.5) is 5.82 Å². The summed E-state index contributed by atoms with van der Waals surface area (Å²) in [5, 5.41) is 9.58. The summed E-state index contributed by atoms with van der Waals surface area (Å²) in [6, 6.07) is 3.94. The Balaban J connectivity index is 1.96. The van der Waals surface area contributed by atoms with Crippen LogP contribution in [0.2, 0.25) is 0 Å². The van der Waals surface area contributed by atoms with Crippen LogP contribution in [0.5, 0.6) is 0 Å². The number of aliphatic hydroxyl groups excluding tert-OH is 1. The number of nitrogens with zero attached hydrogens (tertiary/aromatic N) is 1. The van der Waals surface area contributed by atoms with Crippen LogP contribution in [-0.2, 0) is 6.42 Å². The zero-order valence-electron chi connectivity index (χ0n) is 8.89. The lowest BCUT2D eigenvalue weighted by atomic mass is 9.83. The predicted molar refractivity (Wildman–Crippen MR) is 60.3 cm³/mol. The highest BCUT2D eigenvalue weighted by Crippen LogP contribution is 2.27. The van der Waals surface area contributed by atoms with Crippen LogP contribution in [0.25, 0.3) is 0 Å². The molecule has 1 heterocycles. The van der Waals surface area contributed by atoms with Gasteiger partial charge in [-0.3, -0.25) is 0 Å². The molecule has 1 fully saturated rings. The third-order valence-electron chi connectivity index (χ3n) is 3.13. The maximum absolute atomic E-state index is 9.58. The molecule has 1 saturated carbocycles. The van der Waals surface area contributed by atoms with Crippen LogP contribution in [0.15, 0.2) is 18.3 Å². The van der Waals surface area contributed by atoms with Gasteiger partial charge in [-0.25, -0.2) is 4.98 Å². The fourth-order valence-corrected chi connectivity index (χ4v) is 2.40. The molecule has 82 valence electrons. The second kappa shape index (κ2) is 4.62. The Hall–Kier alpha value is -1.09. The molecule has 0 saturated heterocycles. The molecule has 2 atom stereocenters. The van der Waals surface area contributed by atoms with E-state index in [0.29, 0.717) is 11.7 Å². The first-order valence-corrected chi connectivity index (χ1v) is 5.62. The minimum absolute atomic E-state index is 0.0945. The van der Waals surface area contributed by atoms with Crippen molar-refractivity contribution in [3.05, 3.63) is 23.9 Å². The van der Waals surface area contributed by atoms with Gasteiger partial charge < -0.3 is 10.8 Å². The largest absolute Gasteiger partial charge is 0.393 e. The van der Waals surface area contributed by atoms with Crippen molar-refractivity contribution in [2.45, 2.75) is 38.2 Å². The number of nitrogen functional groups attached to an aromatic ring is 1. The summed E-state index contributed by atoms with van der Waals surface area (Å²) >= 11 is 0. The third-order valence-corrected chi connectivity index (χ3v) is 3.13. The zero-order valence-corrected chi connectivity index (χ0v) is 8.89. The molecule has 2 unspecified atom stereocenters. The molecular formula is C12H18N2O. The molecule has 0 aliphatic heterocycles. The highest BCUT2D eigenvalue weighted by molar-refractivity contribution is 5.31. The van der Waals surface area contributed by atoms with Gasteiger partial charge in [-0.2, -0.15) is 0 Å². The summed E-state index contributed by atoms with van der Waals surface area (Å²) in [4.78, 5) is 3.98. The average molecular weight is 206 g/mol. The molecular weight excluding hydrogens is 188 g/mol. The van der Waals surface area contributed by atoms with Crippen molar-refractivity contribution in [2.75, 3.05) is 5.73 Å². The number of anilines is 1. The van der Waals surface area contributed by atoms with Crippen molar-refractivity contribution in [3.63, 3.8) is 0 Å². The number of nitrogens with two attached hydrogens (primary N) is 1. The summed E-state index contributed by atoms with van der Waals surface area (Å²) < 4.78 is 0. The smallest absolute Gasteiger partial charge is 0.123 e. The summed E-state index contributed by atoms with van der Waals surface area (Å²) in [5.41, 5.74) is 6.87. The Morgan fingerprint density at radius 3 is 3.07 bits per heavy atom. The number of aromatic nitrogens is 1. The van der Waals surface area contributed by atoms with E-state index in [1.165, 1.54) is 12.0 Å². The molecule has 1 aromatic rings. The highest BCUT2D eigenvalue weighted by atomic mass is 16.3. The van der Waals surface area contributed by atoms with E-state index in [1.54, 1.807) is 6.20 Å². The van der Waals surface area contributed by atoms with E-state index < -0.39 is 0 Å². The van der Waals surface area contributed by atoms with Crippen LogP contribution in [0, 0.1) is 5.92 Å². The van der Waals surface area contributed by atoms with Crippen molar-refractivity contribution in [1.29, 1.82) is 0 Å². The molecule has 3 nitrogen and oxygen atoms in total. The van der Waals surface area contributed by atoms with Gasteiger partial charge in [-0.1, -0.05) is 6.42 Å². The van der Waals surface area contributed by atoms with Gasteiger partial charge in [0.15, 0.2) is 0 Å². The maximum atomic E-state index is 9.58. The maximum Gasteiger partial charge on any atom is 0.123 e. The lowest BCUT2D eigenvalue weighted by molar-refractivity contribution is 0.101. The Bertz CT molecular complexity index is 327. The minimum Gasteiger partial charge on any atom is -0.393 e. The van der Waals surface area contributed by atoms with E-state index in [-0.39, 0.29) is 6.10 Å². The SMILES string of the molecule is Nc1cc(CC2CCCC(O)C2)ccn1. The molecule has 0 bridgehead atoms. The fourth-order valence-electron chi connectivity index (χ4n) is 2.40. The Morgan fingerprint density at radius 1 is 1.47 bits per heavy atom. The normalized spacial score (nSPS) is 26.5. The van der Waals surface area contributed by atoms with Gasteiger partial charge in [-0.05, 0) is 49.3 Å². The first-order valence-electron chi connectivity index (χ1n) is 5.62. The molecule has 1 aromatic heterocycles. The molecule has 1 aliphatic rings. The monoisotopic (exact) mass is 206 g/mol. The fraction of sp³-hybridized carbons (Fsp3) is 0.583. The Kier molecular flexibility index (Phi) is 3.21. The van der Waals surface area contributed by atoms with Crippen LogP contribution < -0.4 is 5.73 Å². The van der Waals surface area contributed by atoms with E-state index in [9.17, 15) is 5.11 Å². The number of hydrogen-bond donors (Lipinski definition) is 2. The van der Waals surface area contributed by atoms with Gasteiger partial charge in [0, 0.05) is 6.20 Å². The first-order chi connectivity index (χ1) is 7.24. The van der Waals surface area contributed by atoms with E-state index in [2.05, 4.69) is 4.98 Å². The molecule has 3 heteroatoms. The van der Waals surface area contributed by atoms with Crippen LogP contribution >= 0.6 is 0 Å². The topological polar surface area (TPSA) is 59.1 Å². The van der Waals surface area contributed by atoms with E-state index >= 15 is 0 Å². The summed E-state index contributed by atoms with van der Waals surface area (Å²) in [7, 11) is 0. The van der Waals surface area contributed by atoms with Crippen LogP contribution in [-0.4, -0.2) is 16.2 Å². The molecule has 3 N–H and O–H groups in total. The number of rotatable bonds is 2. The lowest BCUT2D eigenvalue weighted by Gasteiger charge is -2.25. The molecule has 1 aliphatic carbocycles. The molecule has 15 heavy (non-hydrogen) atoms. The van der Waals surface area contributed by atoms with Crippen molar-refractivity contribution < 1.29 is 5.11 Å². The number of hydrogen-bond acceptors (Lipinski definition) is 3. The van der Waals surface area contributed by atoms with Crippen molar-refractivity contribution >= 4 is 5.82 Å². The van der Waals surface area contributed by atoms with E-state index in [1.807, 2.05) is 12.1 Å². The second-order valence-electron chi connectivity index (χ2n) is 4.48. The van der Waals surface area contributed by atoms with Gasteiger partial charge in [0.2, 0.25) is 0 Å². The van der Waals surface area contributed by atoms with Crippen LogP contribution in [0.1, 0.15) is 31.2 Å². The van der Waals surface area contributed by atoms with Crippen molar-refractivity contribution in [1.82, 2.24) is 4.98 Å². The molecule has 0 amide bonds. The predicted octanol–water partition coefficient (Wildman–Crippen LogP) is 1.76. The van der Waals surface area contributed by atoms with E-state index in [4.69, 9.17) is 5.73 Å². The lowest BCUT2D eigenvalue weighted by Crippen LogP contribution is -2.21. The first kappa shape index (κ1) is 10.4. The van der Waals surface area contributed by atoms with E-state index in [0.717, 1.165) is 25.7 Å². The summed E-state index contributed by atoms with van der Waals surface area (Å²) in [5.74, 6) is 1.19. The standard InChI is InChI=1S/C12H18N2O/c13-12-8-10(4-5-14-12)6-9-2-1-3-11(15)7-9/h4-5,8-9,11,15H,1-3,6-7H2,(H2,13,14). The van der Waals surface area contributed by atoms with Crippen molar-refractivity contribution in [3.8, 4) is 0 Å². The van der Waals surface area contributed by atoms with Gasteiger partial charge >= 0.3 is 0 Å². The molecule has 2 rings (SSSR count). The minimum atomic E-state index is -0.0945. The number of pyridine rings is 1. The number of aliphatic hydroxyl groups is 1. The Morgan fingerprint density at radius 2 is 2.33 bits per heavy atom. The van der Waals surface area contributed by atoms with Gasteiger partial charge in [-0.15, -0.1) is 0 Å². The average Bonchev–Trinajstić information content (AvgIpc) is 2.17. The van der Waals surface area contributed by atoms with Crippen LogP contribution in [0.3, 0.4) is 0 Å². The van der Waals surface area contributed by atoms with Gasteiger partial charge in [0.1, 0.15) is 5.82 Å². The molecule has 0 spiro atoms. The zero-order chi connectivity index (χ0) is 10.7. The quantitative estimate of drug-likeness (QED) is 0.775. The second-order valence-corrected chi connectivity index (χ2v) is 4.48. The molecule has 0 aromatic carbocycles.